The van der Waals surface area contributed by atoms with Crippen LogP contribution in [0.15, 0.2) is 66.2 Å². The molecule has 0 atom stereocenters. The summed E-state index contributed by atoms with van der Waals surface area (Å²) in [6, 6.07) is 7.47. The van der Waals surface area contributed by atoms with Gasteiger partial charge in [0.2, 0.25) is 0 Å². The number of imidazole rings is 2. The first kappa shape index (κ1) is 14.7. The Morgan fingerprint density at radius 1 is 1.00 bits per heavy atom. The molecule has 0 aliphatic heterocycles. The van der Waals surface area contributed by atoms with Crippen molar-refractivity contribution >= 4 is 21.7 Å². The fraction of sp³-hybridized carbons (Fsp3) is 0.188. The van der Waals surface area contributed by atoms with Crippen molar-refractivity contribution in [2.45, 2.75) is 13.1 Å². The zero-order valence-electron chi connectivity index (χ0n) is 11.8. The molecule has 2 heterocycles. The zero-order chi connectivity index (χ0) is 15.4. The van der Waals surface area contributed by atoms with Gasteiger partial charge in [0.1, 0.15) is 0 Å². The van der Waals surface area contributed by atoms with Crippen molar-refractivity contribution in [3.63, 3.8) is 0 Å². The SMILES string of the molecule is O=C(c1ccc(Br)cc1)C(Cn1ccnc1)Cn1ccnc1. The highest BCUT2D eigenvalue weighted by Crippen LogP contribution is 2.17. The Bertz CT molecular complexity index is 684. The van der Waals surface area contributed by atoms with E-state index < -0.39 is 0 Å². The van der Waals surface area contributed by atoms with Crippen LogP contribution in [0.4, 0.5) is 0 Å². The molecule has 3 aromatic rings. The van der Waals surface area contributed by atoms with E-state index in [1.165, 1.54) is 0 Å². The van der Waals surface area contributed by atoms with E-state index in [1.807, 2.05) is 45.8 Å². The minimum atomic E-state index is -0.176. The maximum atomic E-state index is 12.8. The van der Waals surface area contributed by atoms with E-state index in [0.717, 1.165) is 4.47 Å². The lowest BCUT2D eigenvalue weighted by atomic mass is 9.97. The van der Waals surface area contributed by atoms with Crippen LogP contribution in [0, 0.1) is 5.92 Å². The molecule has 22 heavy (non-hydrogen) atoms. The van der Waals surface area contributed by atoms with Crippen molar-refractivity contribution in [3.8, 4) is 0 Å². The van der Waals surface area contributed by atoms with Gasteiger partial charge in [0, 0.05) is 47.9 Å². The average Bonchev–Trinajstić information content (AvgIpc) is 3.20. The van der Waals surface area contributed by atoms with Crippen molar-refractivity contribution < 1.29 is 4.79 Å². The van der Waals surface area contributed by atoms with Gasteiger partial charge in [-0.05, 0) is 12.1 Å². The van der Waals surface area contributed by atoms with E-state index in [0.29, 0.717) is 18.7 Å². The van der Waals surface area contributed by atoms with E-state index >= 15 is 0 Å². The summed E-state index contributed by atoms with van der Waals surface area (Å²) in [6.45, 7) is 1.18. The van der Waals surface area contributed by atoms with Gasteiger partial charge >= 0.3 is 0 Å². The molecule has 1 aromatic carbocycles. The summed E-state index contributed by atoms with van der Waals surface area (Å²) in [6.07, 6.45) is 10.6. The molecule has 6 heteroatoms. The smallest absolute Gasteiger partial charge is 0.169 e. The molecule has 112 valence electrons. The van der Waals surface area contributed by atoms with Crippen LogP contribution >= 0.6 is 15.9 Å². The van der Waals surface area contributed by atoms with Crippen LogP contribution in [0.3, 0.4) is 0 Å². The summed E-state index contributed by atoms with van der Waals surface area (Å²) in [5, 5.41) is 0. The topological polar surface area (TPSA) is 52.7 Å². The second-order valence-corrected chi connectivity index (χ2v) is 6.00. The number of hydrogen-bond donors (Lipinski definition) is 0. The number of halogens is 1. The maximum Gasteiger partial charge on any atom is 0.169 e. The number of Topliss-reactive ketones (excluding diaryl/α,β-unsaturated/α-hetero) is 1. The number of carbonyl (C=O) groups excluding carboxylic acids is 1. The second kappa shape index (κ2) is 6.70. The van der Waals surface area contributed by atoms with Crippen LogP contribution in [-0.2, 0) is 13.1 Å². The predicted octanol–water partition coefficient (Wildman–Crippen LogP) is 3.04. The van der Waals surface area contributed by atoms with Crippen molar-refractivity contribution in [3.05, 3.63) is 71.7 Å². The van der Waals surface area contributed by atoms with Gasteiger partial charge in [-0.15, -0.1) is 0 Å². The van der Waals surface area contributed by atoms with Gasteiger partial charge in [0.05, 0.1) is 18.6 Å². The maximum absolute atomic E-state index is 12.8. The molecule has 2 aromatic heterocycles. The Labute approximate surface area is 136 Å². The molecule has 0 bridgehead atoms. The number of rotatable bonds is 6. The van der Waals surface area contributed by atoms with E-state index in [-0.39, 0.29) is 11.7 Å². The fourth-order valence-corrected chi connectivity index (χ4v) is 2.64. The number of ketones is 1. The van der Waals surface area contributed by atoms with Crippen LogP contribution in [0.25, 0.3) is 0 Å². The molecule has 5 nitrogen and oxygen atoms in total. The molecular formula is C16H15BrN4O. The lowest BCUT2D eigenvalue weighted by molar-refractivity contribution is 0.0892. The summed E-state index contributed by atoms with van der Waals surface area (Å²) in [7, 11) is 0. The second-order valence-electron chi connectivity index (χ2n) is 5.09. The third kappa shape index (κ3) is 3.51. The Morgan fingerprint density at radius 3 is 2.00 bits per heavy atom. The van der Waals surface area contributed by atoms with Crippen LogP contribution < -0.4 is 0 Å². The Hall–Kier alpha value is -2.21. The zero-order valence-corrected chi connectivity index (χ0v) is 13.4. The van der Waals surface area contributed by atoms with E-state index in [2.05, 4.69) is 25.9 Å². The monoisotopic (exact) mass is 358 g/mol. The van der Waals surface area contributed by atoms with Crippen LogP contribution in [0.1, 0.15) is 10.4 Å². The summed E-state index contributed by atoms with van der Waals surface area (Å²) in [5.41, 5.74) is 0.716. The molecule has 0 unspecified atom stereocenters. The minimum absolute atomic E-state index is 0.120. The first-order valence-corrected chi connectivity index (χ1v) is 7.73. The first-order valence-electron chi connectivity index (χ1n) is 6.93. The Balaban J connectivity index is 1.83. The molecule has 0 spiro atoms. The van der Waals surface area contributed by atoms with Gasteiger partial charge in [-0.2, -0.15) is 0 Å². The molecule has 0 radical (unpaired) electrons. The van der Waals surface area contributed by atoms with Gasteiger partial charge in [-0.25, -0.2) is 9.97 Å². The molecule has 0 amide bonds. The molecule has 0 aliphatic rings. The van der Waals surface area contributed by atoms with Crippen LogP contribution in [0.2, 0.25) is 0 Å². The predicted molar refractivity (Wildman–Crippen MR) is 86.4 cm³/mol. The van der Waals surface area contributed by atoms with Gasteiger partial charge in [-0.3, -0.25) is 4.79 Å². The van der Waals surface area contributed by atoms with Gasteiger partial charge < -0.3 is 9.13 Å². The largest absolute Gasteiger partial charge is 0.337 e. The van der Waals surface area contributed by atoms with Crippen molar-refractivity contribution in [1.29, 1.82) is 0 Å². The number of aromatic nitrogens is 4. The molecule has 0 aliphatic carbocycles. The van der Waals surface area contributed by atoms with Gasteiger partial charge in [-0.1, -0.05) is 28.1 Å². The van der Waals surface area contributed by atoms with E-state index in [9.17, 15) is 4.79 Å². The quantitative estimate of drug-likeness (QED) is 0.636. The van der Waals surface area contributed by atoms with Gasteiger partial charge in [0.25, 0.3) is 0 Å². The summed E-state index contributed by atoms with van der Waals surface area (Å²) < 4.78 is 4.82. The third-order valence-electron chi connectivity index (χ3n) is 3.48. The van der Waals surface area contributed by atoms with Crippen molar-refractivity contribution in [2.75, 3.05) is 0 Å². The number of nitrogens with zero attached hydrogens (tertiary/aromatic N) is 4. The van der Waals surface area contributed by atoms with Crippen LogP contribution in [-0.4, -0.2) is 24.9 Å². The van der Waals surface area contributed by atoms with E-state index in [1.54, 1.807) is 25.0 Å². The van der Waals surface area contributed by atoms with Crippen molar-refractivity contribution in [2.24, 2.45) is 5.92 Å². The fourth-order valence-electron chi connectivity index (χ4n) is 2.37. The molecule has 0 saturated heterocycles. The first-order chi connectivity index (χ1) is 10.7. The average molecular weight is 359 g/mol. The number of carbonyl (C=O) groups is 1. The standard InChI is InChI=1S/C16H15BrN4O/c17-15-3-1-13(2-4-15)16(22)14(9-20-7-5-18-11-20)10-21-8-6-19-12-21/h1-8,11-12,14H,9-10H2. The highest BCUT2D eigenvalue weighted by atomic mass is 79.9. The lowest BCUT2D eigenvalue weighted by Crippen LogP contribution is -2.25. The highest BCUT2D eigenvalue weighted by Gasteiger charge is 2.21. The highest BCUT2D eigenvalue weighted by molar-refractivity contribution is 9.10. The van der Waals surface area contributed by atoms with Gasteiger partial charge in [0.15, 0.2) is 5.78 Å². The molecule has 3 rings (SSSR count). The molecule has 0 fully saturated rings. The number of benzene rings is 1. The lowest BCUT2D eigenvalue weighted by Gasteiger charge is -2.17. The molecule has 0 N–H and O–H groups in total. The Kier molecular flexibility index (Phi) is 4.48. The third-order valence-corrected chi connectivity index (χ3v) is 4.01. The van der Waals surface area contributed by atoms with E-state index in [4.69, 9.17) is 0 Å². The Morgan fingerprint density at radius 2 is 1.55 bits per heavy atom. The molecular weight excluding hydrogens is 344 g/mol. The minimum Gasteiger partial charge on any atom is -0.337 e. The van der Waals surface area contributed by atoms with Crippen molar-refractivity contribution in [1.82, 2.24) is 19.1 Å². The summed E-state index contributed by atoms with van der Waals surface area (Å²) in [4.78, 5) is 20.9. The van der Waals surface area contributed by atoms with Crippen LogP contribution in [0.5, 0.6) is 0 Å². The molecule has 0 saturated carbocycles. The summed E-state index contributed by atoms with van der Waals surface area (Å²) >= 11 is 3.39. The normalized spacial score (nSPS) is 11.0. The summed E-state index contributed by atoms with van der Waals surface area (Å²) in [5.74, 6) is -0.0560. The number of hydrogen-bond acceptors (Lipinski definition) is 3.